The minimum absolute atomic E-state index is 0.108. The zero-order valence-electron chi connectivity index (χ0n) is 6.39. The summed E-state index contributed by atoms with van der Waals surface area (Å²) in [6, 6.07) is 0. The molecule has 11 heavy (non-hydrogen) atoms. The molecule has 0 aromatic heterocycles. The average Bonchev–Trinajstić information content (AvgIpc) is 2.01. The Morgan fingerprint density at radius 1 is 1.64 bits per heavy atom. The van der Waals surface area contributed by atoms with Crippen molar-refractivity contribution < 1.29 is 10.2 Å². The molecular weight excluding hydrogens is 142 g/mol. The molecule has 1 aliphatic rings. The van der Waals surface area contributed by atoms with Gasteiger partial charge >= 0.3 is 0 Å². The van der Waals surface area contributed by atoms with Gasteiger partial charge in [0.25, 0.3) is 0 Å². The molecule has 60 valence electrons. The van der Waals surface area contributed by atoms with Crippen LogP contribution in [-0.2, 0) is 0 Å². The Hall–Kier alpha value is -1.22. The van der Waals surface area contributed by atoms with Gasteiger partial charge in [-0.3, -0.25) is 0 Å². The lowest BCUT2D eigenvalue weighted by molar-refractivity contribution is 0.327. The Morgan fingerprint density at radius 2 is 2.27 bits per heavy atom. The first-order valence-corrected chi connectivity index (χ1v) is 3.32. The molecule has 0 bridgehead atoms. The van der Waals surface area contributed by atoms with E-state index in [9.17, 15) is 5.11 Å². The Morgan fingerprint density at radius 3 is 2.82 bits per heavy atom. The summed E-state index contributed by atoms with van der Waals surface area (Å²) in [5.41, 5.74) is 1.77. The van der Waals surface area contributed by atoms with Gasteiger partial charge in [0, 0.05) is 17.3 Å². The van der Waals surface area contributed by atoms with Gasteiger partial charge in [-0.1, -0.05) is 6.58 Å². The predicted octanol–water partition coefficient (Wildman–Crippen LogP) is 0.811. The quantitative estimate of drug-likeness (QED) is 0.522. The van der Waals surface area contributed by atoms with E-state index in [2.05, 4.69) is 11.9 Å². The predicted molar refractivity (Wildman–Crippen MR) is 42.8 cm³/mol. The highest BCUT2D eigenvalue weighted by molar-refractivity contribution is 5.46. The second-order valence-electron chi connectivity index (χ2n) is 2.42. The van der Waals surface area contributed by atoms with E-state index in [0.717, 1.165) is 0 Å². The van der Waals surface area contributed by atoms with Crippen molar-refractivity contribution in [1.29, 1.82) is 0 Å². The topological polar surface area (TPSA) is 52.5 Å². The van der Waals surface area contributed by atoms with E-state index in [1.807, 2.05) is 0 Å². The van der Waals surface area contributed by atoms with Crippen molar-refractivity contribution in [1.82, 2.24) is 5.32 Å². The average molecular weight is 153 g/mol. The van der Waals surface area contributed by atoms with Crippen LogP contribution < -0.4 is 5.32 Å². The second kappa shape index (κ2) is 2.80. The first-order valence-electron chi connectivity index (χ1n) is 3.32. The maximum atomic E-state index is 9.31. The minimum atomic E-state index is -0.108. The summed E-state index contributed by atoms with van der Waals surface area (Å²) in [6.45, 7) is 5.25. The maximum Gasteiger partial charge on any atom is 0.141 e. The number of dihydropyridines is 1. The third-order valence-corrected chi connectivity index (χ3v) is 1.66. The number of allylic oxidation sites excluding steroid dienone is 2. The molecule has 1 rings (SSSR count). The Kier molecular flexibility index (Phi) is 2.01. The smallest absolute Gasteiger partial charge is 0.141 e. The molecule has 0 aliphatic carbocycles. The van der Waals surface area contributed by atoms with Crippen molar-refractivity contribution in [2.45, 2.75) is 6.92 Å². The number of aliphatic hydroxyl groups is 2. The number of hydrogen-bond donors (Lipinski definition) is 3. The van der Waals surface area contributed by atoms with Gasteiger partial charge in [-0.2, -0.15) is 0 Å². The lowest BCUT2D eigenvalue weighted by Gasteiger charge is -2.16. The molecule has 0 saturated carbocycles. The van der Waals surface area contributed by atoms with Crippen LogP contribution in [0.25, 0.3) is 0 Å². The first kappa shape index (κ1) is 7.88. The molecule has 0 atom stereocenters. The van der Waals surface area contributed by atoms with Gasteiger partial charge in [0.1, 0.15) is 5.76 Å². The molecule has 3 nitrogen and oxygen atoms in total. The summed E-state index contributed by atoms with van der Waals surface area (Å²) >= 11 is 0. The van der Waals surface area contributed by atoms with E-state index in [4.69, 9.17) is 5.11 Å². The molecule has 0 aromatic rings. The van der Waals surface area contributed by atoms with E-state index in [0.29, 0.717) is 16.8 Å². The number of rotatable bonds is 1. The number of hydrogen-bond acceptors (Lipinski definition) is 3. The largest absolute Gasteiger partial charge is 0.506 e. The van der Waals surface area contributed by atoms with Crippen molar-refractivity contribution >= 4 is 0 Å². The minimum Gasteiger partial charge on any atom is -0.506 e. The first-order chi connectivity index (χ1) is 5.16. The Bertz CT molecular complexity index is 251. The lowest BCUT2D eigenvalue weighted by Crippen LogP contribution is -2.15. The van der Waals surface area contributed by atoms with E-state index >= 15 is 0 Å². The van der Waals surface area contributed by atoms with Crippen molar-refractivity contribution in [3.8, 4) is 0 Å². The van der Waals surface area contributed by atoms with Crippen LogP contribution in [-0.4, -0.2) is 16.8 Å². The van der Waals surface area contributed by atoms with Crippen LogP contribution in [0.3, 0.4) is 0 Å². The van der Waals surface area contributed by atoms with Crippen LogP contribution >= 0.6 is 0 Å². The standard InChI is InChI=1S/C8H11NO2/c1-5-7(4-10)3-9-6(2)8(5)11/h3,9-11H,1,4H2,2H3. The highest BCUT2D eigenvalue weighted by atomic mass is 16.3. The molecule has 0 saturated heterocycles. The fourth-order valence-electron chi connectivity index (χ4n) is 0.870. The monoisotopic (exact) mass is 153 g/mol. The fourth-order valence-corrected chi connectivity index (χ4v) is 0.870. The molecular formula is C8H11NO2. The van der Waals surface area contributed by atoms with E-state index in [-0.39, 0.29) is 12.4 Å². The van der Waals surface area contributed by atoms with Gasteiger partial charge in [0.2, 0.25) is 0 Å². The van der Waals surface area contributed by atoms with Crippen LogP contribution in [0.4, 0.5) is 0 Å². The van der Waals surface area contributed by atoms with E-state index in [1.54, 1.807) is 13.1 Å². The van der Waals surface area contributed by atoms with Crippen molar-refractivity contribution in [3.63, 3.8) is 0 Å². The summed E-state index contributed by atoms with van der Waals surface area (Å²) < 4.78 is 0. The summed E-state index contributed by atoms with van der Waals surface area (Å²) in [6.07, 6.45) is 1.64. The number of nitrogens with one attached hydrogen (secondary N) is 1. The van der Waals surface area contributed by atoms with Crippen LogP contribution in [0, 0.1) is 0 Å². The van der Waals surface area contributed by atoms with Gasteiger partial charge in [-0.05, 0) is 6.92 Å². The zero-order chi connectivity index (χ0) is 8.43. The highest BCUT2D eigenvalue weighted by Crippen LogP contribution is 2.20. The number of aliphatic hydroxyl groups excluding tert-OH is 2. The third-order valence-electron chi connectivity index (χ3n) is 1.66. The zero-order valence-corrected chi connectivity index (χ0v) is 6.39. The summed E-state index contributed by atoms with van der Waals surface area (Å²) in [4.78, 5) is 0. The Labute approximate surface area is 65.4 Å². The summed E-state index contributed by atoms with van der Waals surface area (Å²) in [7, 11) is 0. The van der Waals surface area contributed by atoms with Gasteiger partial charge in [0.05, 0.1) is 12.3 Å². The van der Waals surface area contributed by atoms with E-state index < -0.39 is 0 Å². The van der Waals surface area contributed by atoms with Crippen LogP contribution in [0.1, 0.15) is 6.92 Å². The molecule has 1 aliphatic heterocycles. The van der Waals surface area contributed by atoms with Crippen LogP contribution in [0.15, 0.2) is 35.4 Å². The summed E-state index contributed by atoms with van der Waals surface area (Å²) in [5.74, 6) is 0.122. The normalized spacial score (nSPS) is 18.0. The molecule has 0 fully saturated rings. The van der Waals surface area contributed by atoms with Crippen molar-refractivity contribution in [3.05, 3.63) is 35.4 Å². The SMILES string of the molecule is C=C1C(CO)=CNC(C)=C1O. The van der Waals surface area contributed by atoms with Crippen molar-refractivity contribution in [2.75, 3.05) is 6.61 Å². The lowest BCUT2D eigenvalue weighted by atomic mass is 10.0. The van der Waals surface area contributed by atoms with Crippen LogP contribution in [0.5, 0.6) is 0 Å². The fraction of sp³-hybridized carbons (Fsp3) is 0.250. The molecule has 3 N–H and O–H groups in total. The van der Waals surface area contributed by atoms with E-state index in [1.165, 1.54) is 0 Å². The van der Waals surface area contributed by atoms with Gasteiger partial charge in [0.15, 0.2) is 0 Å². The molecule has 1 heterocycles. The molecule has 0 radical (unpaired) electrons. The summed E-state index contributed by atoms with van der Waals surface area (Å²) in [5, 5.41) is 20.9. The third kappa shape index (κ3) is 1.28. The molecule has 0 amide bonds. The molecule has 0 spiro atoms. The second-order valence-corrected chi connectivity index (χ2v) is 2.42. The van der Waals surface area contributed by atoms with Gasteiger partial charge < -0.3 is 15.5 Å². The molecule has 0 unspecified atom stereocenters. The molecule has 3 heteroatoms. The Balaban J connectivity index is 2.91. The maximum absolute atomic E-state index is 9.31. The van der Waals surface area contributed by atoms with Crippen molar-refractivity contribution in [2.24, 2.45) is 0 Å². The van der Waals surface area contributed by atoms with Crippen LogP contribution in [0.2, 0.25) is 0 Å². The van der Waals surface area contributed by atoms with Gasteiger partial charge in [-0.15, -0.1) is 0 Å². The molecule has 0 aromatic carbocycles. The highest BCUT2D eigenvalue weighted by Gasteiger charge is 2.13. The van der Waals surface area contributed by atoms with Gasteiger partial charge in [-0.25, -0.2) is 0 Å².